The van der Waals surface area contributed by atoms with E-state index in [1.165, 1.54) is 0 Å². The van der Waals surface area contributed by atoms with Crippen LogP contribution < -0.4 is 61.4 Å². The maximum absolute atomic E-state index is 10.2. The van der Waals surface area contributed by atoms with E-state index in [1.807, 2.05) is 30.3 Å². The van der Waals surface area contributed by atoms with Crippen LogP contribution in [0.1, 0.15) is 0 Å². The molecule has 0 heterocycles. The molecule has 9 heavy (non-hydrogen) atoms. The molecule has 1 nitrogen and oxygen atoms in total. The molecule has 0 aromatic heterocycles. The van der Waals surface area contributed by atoms with Gasteiger partial charge in [-0.3, -0.25) is 0 Å². The summed E-state index contributed by atoms with van der Waals surface area (Å²) in [7, 11) is -0.320. The van der Waals surface area contributed by atoms with Gasteiger partial charge in [0.2, 0.25) is 0 Å². The number of rotatable bonds is 1. The summed E-state index contributed by atoms with van der Waals surface area (Å²) >= 11 is 0. The van der Waals surface area contributed by atoms with E-state index in [2.05, 4.69) is 0 Å². The van der Waals surface area contributed by atoms with Gasteiger partial charge >= 0.3 is 51.4 Å². The minimum atomic E-state index is -0.320. The molecule has 0 atom stereocenters. The first kappa shape index (κ1) is 10.0. The fraction of sp³-hybridized carbons (Fsp3) is 0. The van der Waals surface area contributed by atoms with Crippen LogP contribution in [0.2, 0.25) is 0 Å². The summed E-state index contributed by atoms with van der Waals surface area (Å²) in [6.45, 7) is 0. The third-order valence-corrected chi connectivity index (χ3v) is 1.46. The first-order valence-corrected chi connectivity index (χ1v) is 3.27. The van der Waals surface area contributed by atoms with Gasteiger partial charge in [0.15, 0.2) is 0 Å². The number of hydrogen-bond acceptors (Lipinski definition) is 1. The summed E-state index contributed by atoms with van der Waals surface area (Å²) in [5.74, 6) is 0. The Balaban J connectivity index is 0.000000640. The Bertz CT molecular complexity index is 154. The van der Waals surface area contributed by atoms with Crippen molar-refractivity contribution in [3.8, 4) is 0 Å². The average molecular weight is 160 g/mol. The van der Waals surface area contributed by atoms with E-state index in [9.17, 15) is 4.80 Å². The van der Waals surface area contributed by atoms with Crippen LogP contribution in [0.3, 0.4) is 0 Å². The monoisotopic (exact) mass is 160 g/mol. The molecule has 3 heteroatoms. The predicted molar refractivity (Wildman–Crippen MR) is 31.8 cm³/mol. The van der Waals surface area contributed by atoms with Gasteiger partial charge < -0.3 is 4.80 Å². The van der Waals surface area contributed by atoms with Gasteiger partial charge in [-0.1, -0.05) is 35.5 Å². The Morgan fingerprint density at radius 1 is 1.11 bits per heavy atom. The summed E-state index contributed by atoms with van der Waals surface area (Å²) in [4.78, 5) is 10.2. The van der Waals surface area contributed by atoms with Crippen LogP contribution in [0.4, 0.5) is 0 Å². The molecule has 0 aliphatic rings. The van der Waals surface area contributed by atoms with E-state index >= 15 is 0 Å². The van der Waals surface area contributed by atoms with E-state index in [4.69, 9.17) is 0 Å². The smallest absolute Gasteiger partial charge is 0.860 e. The van der Waals surface area contributed by atoms with Crippen LogP contribution >= 0.6 is 0 Å². The molecule has 40 valence electrons. The van der Waals surface area contributed by atoms with Crippen LogP contribution in [0, 0.1) is 0 Å². The summed E-state index contributed by atoms with van der Waals surface area (Å²) in [5.41, 5.74) is 0. The quantitative estimate of drug-likeness (QED) is 0.388. The van der Waals surface area contributed by atoms with Crippen molar-refractivity contribution in [3.05, 3.63) is 30.3 Å². The first-order valence-electron chi connectivity index (χ1n) is 2.36. The van der Waals surface area contributed by atoms with Crippen molar-refractivity contribution in [2.45, 2.75) is 0 Å². The Morgan fingerprint density at radius 3 is 2.00 bits per heavy atom. The Kier molecular flexibility index (Phi) is 6.46. The second-order valence-corrected chi connectivity index (χ2v) is 2.25. The second kappa shape index (κ2) is 5.79. The zero-order chi connectivity index (χ0) is 5.82. The number of benzene rings is 1. The van der Waals surface area contributed by atoms with Gasteiger partial charge in [0, 0.05) is 0 Å². The summed E-state index contributed by atoms with van der Waals surface area (Å²) in [6.07, 6.45) is 0. The molecule has 0 unspecified atom stereocenters. The van der Waals surface area contributed by atoms with Crippen molar-refractivity contribution < 1.29 is 56.2 Å². The Morgan fingerprint density at radius 2 is 1.67 bits per heavy atom. The minimum absolute atomic E-state index is 0. The van der Waals surface area contributed by atoms with E-state index in [0.29, 0.717) is 0 Å². The standard InChI is InChI=1S/C6H5OSi.K/c7-8-6-4-2-1-3-5-6;/h1-5H;/q-1;+1. The molecule has 0 amide bonds. The molecule has 0 saturated carbocycles. The fourth-order valence-electron chi connectivity index (χ4n) is 0.506. The maximum atomic E-state index is 10.2. The molecule has 0 fully saturated rings. The first-order chi connectivity index (χ1) is 3.93. The molecule has 1 aromatic rings. The van der Waals surface area contributed by atoms with E-state index in [-0.39, 0.29) is 61.1 Å². The third-order valence-electron chi connectivity index (χ3n) is 0.892. The number of hydrogen-bond donors (Lipinski definition) is 0. The zero-order valence-electron chi connectivity index (χ0n) is 5.29. The van der Waals surface area contributed by atoms with E-state index < -0.39 is 0 Å². The molecule has 0 aliphatic carbocycles. The van der Waals surface area contributed by atoms with E-state index in [0.717, 1.165) is 5.19 Å². The van der Waals surface area contributed by atoms with Crippen LogP contribution in [0.15, 0.2) is 30.3 Å². The molecule has 2 radical (unpaired) electrons. The topological polar surface area (TPSA) is 23.1 Å². The van der Waals surface area contributed by atoms with Crippen LogP contribution in [-0.4, -0.2) is 9.76 Å². The SMILES string of the molecule is [K+].[O-][Si]c1ccccc1. The van der Waals surface area contributed by atoms with Crippen molar-refractivity contribution >= 4 is 14.9 Å². The summed E-state index contributed by atoms with van der Waals surface area (Å²) < 4.78 is 0. The molecular weight excluding hydrogens is 155 g/mol. The van der Waals surface area contributed by atoms with Crippen LogP contribution in [0.5, 0.6) is 0 Å². The van der Waals surface area contributed by atoms with Gasteiger partial charge in [-0.05, 0) is 9.76 Å². The maximum Gasteiger partial charge on any atom is 1.00 e. The van der Waals surface area contributed by atoms with Crippen molar-refractivity contribution in [3.63, 3.8) is 0 Å². The molecule has 0 spiro atoms. The van der Waals surface area contributed by atoms with Gasteiger partial charge in [0.25, 0.3) is 0 Å². The predicted octanol–water partition coefficient (Wildman–Crippen LogP) is -3.70. The molecule has 0 saturated heterocycles. The average Bonchev–Trinajstić information content (AvgIpc) is 1.90. The molecule has 1 rings (SSSR count). The van der Waals surface area contributed by atoms with Crippen molar-refractivity contribution in [1.29, 1.82) is 0 Å². The minimum Gasteiger partial charge on any atom is -0.860 e. The largest absolute Gasteiger partial charge is 1.00 e. The van der Waals surface area contributed by atoms with Crippen LogP contribution in [-0.2, 0) is 0 Å². The summed E-state index contributed by atoms with van der Waals surface area (Å²) in [5, 5.41) is 0.882. The van der Waals surface area contributed by atoms with Gasteiger partial charge in [0.1, 0.15) is 0 Å². The Labute approximate surface area is 99.8 Å². The molecule has 1 aromatic carbocycles. The molecular formula is C6H5KOSi. The molecule has 0 N–H and O–H groups in total. The normalized spacial score (nSPS) is 8.11. The van der Waals surface area contributed by atoms with Crippen LogP contribution in [0.25, 0.3) is 0 Å². The second-order valence-electron chi connectivity index (χ2n) is 1.47. The van der Waals surface area contributed by atoms with Gasteiger partial charge in [-0.15, -0.1) is 0 Å². The zero-order valence-corrected chi connectivity index (χ0v) is 9.42. The van der Waals surface area contributed by atoms with Crippen molar-refractivity contribution in [2.75, 3.05) is 0 Å². The van der Waals surface area contributed by atoms with Gasteiger partial charge in [-0.25, -0.2) is 0 Å². The fourth-order valence-corrected chi connectivity index (χ4v) is 0.835. The van der Waals surface area contributed by atoms with Gasteiger partial charge in [-0.2, -0.15) is 0 Å². The molecule has 0 bridgehead atoms. The third kappa shape index (κ3) is 3.67. The van der Waals surface area contributed by atoms with Gasteiger partial charge in [0.05, 0.1) is 0 Å². The summed E-state index contributed by atoms with van der Waals surface area (Å²) in [6, 6.07) is 9.33. The Hall–Kier alpha value is 1.03. The molecule has 0 aliphatic heterocycles. The van der Waals surface area contributed by atoms with Crippen molar-refractivity contribution in [1.82, 2.24) is 0 Å². The van der Waals surface area contributed by atoms with Crippen molar-refractivity contribution in [2.24, 2.45) is 0 Å². The van der Waals surface area contributed by atoms with E-state index in [1.54, 1.807) is 0 Å².